The minimum atomic E-state index is 0.364. The maximum atomic E-state index is 9.03. The third-order valence-corrected chi connectivity index (χ3v) is 2.62. The van der Waals surface area contributed by atoms with E-state index in [4.69, 9.17) is 14.7 Å². The van der Waals surface area contributed by atoms with Crippen LogP contribution in [0.25, 0.3) is 0 Å². The molecule has 0 saturated heterocycles. The summed E-state index contributed by atoms with van der Waals surface area (Å²) in [5.41, 5.74) is 1.14. The van der Waals surface area contributed by atoms with Crippen LogP contribution in [0.15, 0.2) is 30.3 Å². The molecular formula is C14H15N3O2. The lowest BCUT2D eigenvalue weighted by Gasteiger charge is -2.08. The van der Waals surface area contributed by atoms with Crippen molar-refractivity contribution in [2.24, 2.45) is 7.05 Å². The molecule has 0 spiro atoms. The second kappa shape index (κ2) is 5.91. The summed E-state index contributed by atoms with van der Waals surface area (Å²) in [4.78, 5) is 0. The Hall–Kier alpha value is -2.48. The SMILES string of the molecule is Cc1nn(C)c(OCCOc2ccccc2)c1C#N. The van der Waals surface area contributed by atoms with E-state index in [1.54, 1.807) is 18.7 Å². The van der Waals surface area contributed by atoms with Gasteiger partial charge in [0, 0.05) is 7.05 Å². The fourth-order valence-electron chi connectivity index (χ4n) is 1.75. The van der Waals surface area contributed by atoms with Crippen LogP contribution in [0.4, 0.5) is 0 Å². The highest BCUT2D eigenvalue weighted by atomic mass is 16.5. The Morgan fingerprint density at radius 1 is 1.21 bits per heavy atom. The Morgan fingerprint density at radius 3 is 2.58 bits per heavy atom. The van der Waals surface area contributed by atoms with Crippen LogP contribution in [0.5, 0.6) is 11.6 Å². The van der Waals surface area contributed by atoms with Gasteiger partial charge < -0.3 is 9.47 Å². The molecule has 0 unspecified atom stereocenters. The van der Waals surface area contributed by atoms with Gasteiger partial charge in [-0.1, -0.05) is 18.2 Å². The van der Waals surface area contributed by atoms with E-state index in [1.807, 2.05) is 30.3 Å². The second-order valence-corrected chi connectivity index (χ2v) is 4.01. The third-order valence-electron chi connectivity index (χ3n) is 2.62. The summed E-state index contributed by atoms with van der Waals surface area (Å²) in [5.74, 6) is 1.28. The molecule has 0 aliphatic heterocycles. The molecule has 0 fully saturated rings. The summed E-state index contributed by atoms with van der Waals surface area (Å²) in [6.45, 7) is 2.56. The molecule has 0 radical (unpaired) electrons. The van der Waals surface area contributed by atoms with Crippen LogP contribution < -0.4 is 9.47 Å². The predicted molar refractivity (Wildman–Crippen MR) is 70.1 cm³/mol. The molecule has 2 aromatic rings. The number of hydrogen-bond acceptors (Lipinski definition) is 4. The van der Waals surface area contributed by atoms with Crippen LogP contribution >= 0.6 is 0 Å². The maximum Gasteiger partial charge on any atom is 0.230 e. The van der Waals surface area contributed by atoms with E-state index >= 15 is 0 Å². The monoisotopic (exact) mass is 257 g/mol. The number of rotatable bonds is 5. The first-order valence-electron chi connectivity index (χ1n) is 5.96. The van der Waals surface area contributed by atoms with E-state index in [9.17, 15) is 0 Å². The highest BCUT2D eigenvalue weighted by Gasteiger charge is 2.13. The number of aromatic nitrogens is 2. The van der Waals surface area contributed by atoms with E-state index in [2.05, 4.69) is 11.2 Å². The van der Waals surface area contributed by atoms with Crippen LogP contribution in [0.1, 0.15) is 11.3 Å². The van der Waals surface area contributed by atoms with Crippen molar-refractivity contribution < 1.29 is 9.47 Å². The van der Waals surface area contributed by atoms with Crippen molar-refractivity contribution in [2.45, 2.75) is 6.92 Å². The zero-order chi connectivity index (χ0) is 13.7. The Morgan fingerprint density at radius 2 is 1.89 bits per heavy atom. The maximum absolute atomic E-state index is 9.03. The van der Waals surface area contributed by atoms with Crippen LogP contribution in [-0.4, -0.2) is 23.0 Å². The van der Waals surface area contributed by atoms with Gasteiger partial charge >= 0.3 is 0 Å². The minimum absolute atomic E-state index is 0.364. The van der Waals surface area contributed by atoms with Crippen molar-refractivity contribution in [1.29, 1.82) is 5.26 Å². The van der Waals surface area contributed by atoms with E-state index in [1.165, 1.54) is 0 Å². The Bertz CT molecular complexity index is 585. The van der Waals surface area contributed by atoms with E-state index in [-0.39, 0.29) is 0 Å². The molecule has 1 aromatic heterocycles. The van der Waals surface area contributed by atoms with Gasteiger partial charge in [-0.3, -0.25) is 0 Å². The molecule has 0 N–H and O–H groups in total. The smallest absolute Gasteiger partial charge is 0.230 e. The first kappa shape index (κ1) is 13.0. The van der Waals surface area contributed by atoms with E-state index in [0.717, 1.165) is 5.75 Å². The van der Waals surface area contributed by atoms with Gasteiger partial charge in [-0.15, -0.1) is 0 Å². The minimum Gasteiger partial charge on any atom is -0.490 e. The molecule has 5 heteroatoms. The molecule has 0 aliphatic carbocycles. The Kier molecular flexibility index (Phi) is 4.04. The average molecular weight is 257 g/mol. The summed E-state index contributed by atoms with van der Waals surface area (Å²) < 4.78 is 12.6. The molecule has 0 aliphatic rings. The number of hydrogen-bond donors (Lipinski definition) is 0. The molecule has 19 heavy (non-hydrogen) atoms. The lowest BCUT2D eigenvalue weighted by Crippen LogP contribution is -2.11. The fourth-order valence-corrected chi connectivity index (χ4v) is 1.75. The number of aryl methyl sites for hydroxylation is 2. The Balaban J connectivity index is 1.88. The van der Waals surface area contributed by atoms with Crippen molar-refractivity contribution in [3.05, 3.63) is 41.6 Å². The first-order valence-corrected chi connectivity index (χ1v) is 5.96. The van der Waals surface area contributed by atoms with Gasteiger partial charge in [0.05, 0.1) is 5.69 Å². The Labute approximate surface area is 112 Å². The molecule has 1 heterocycles. The zero-order valence-electron chi connectivity index (χ0n) is 11.0. The number of nitrogens with zero attached hydrogens (tertiary/aromatic N) is 3. The molecule has 1 aromatic carbocycles. The van der Waals surface area contributed by atoms with Crippen molar-refractivity contribution in [3.8, 4) is 17.7 Å². The van der Waals surface area contributed by atoms with Crippen LogP contribution in [0.3, 0.4) is 0 Å². The van der Waals surface area contributed by atoms with Crippen molar-refractivity contribution in [1.82, 2.24) is 9.78 Å². The topological polar surface area (TPSA) is 60.1 Å². The quantitative estimate of drug-likeness (QED) is 0.769. The lowest BCUT2D eigenvalue weighted by atomic mass is 10.3. The molecule has 0 bridgehead atoms. The molecule has 2 rings (SSSR count). The fraction of sp³-hybridized carbons (Fsp3) is 0.286. The van der Waals surface area contributed by atoms with Gasteiger partial charge in [-0.05, 0) is 19.1 Å². The van der Waals surface area contributed by atoms with Crippen molar-refractivity contribution >= 4 is 0 Å². The molecule has 5 nitrogen and oxygen atoms in total. The normalized spacial score (nSPS) is 9.95. The standard InChI is InChI=1S/C14H15N3O2/c1-11-13(10-15)14(17(2)16-11)19-9-8-18-12-6-4-3-5-7-12/h3-7H,8-9H2,1-2H3. The summed E-state index contributed by atoms with van der Waals surface area (Å²) in [5, 5.41) is 13.2. The summed E-state index contributed by atoms with van der Waals surface area (Å²) in [6.07, 6.45) is 0. The predicted octanol–water partition coefficient (Wildman–Crippen LogP) is 2.06. The second-order valence-electron chi connectivity index (χ2n) is 4.01. The highest BCUT2D eigenvalue weighted by molar-refractivity contribution is 5.41. The highest BCUT2D eigenvalue weighted by Crippen LogP contribution is 2.19. The first-order chi connectivity index (χ1) is 9.22. The molecule has 98 valence electrons. The number of nitriles is 1. The average Bonchev–Trinajstić information content (AvgIpc) is 2.70. The van der Waals surface area contributed by atoms with Gasteiger partial charge in [0.25, 0.3) is 0 Å². The summed E-state index contributed by atoms with van der Waals surface area (Å²) >= 11 is 0. The molecule has 0 amide bonds. The van der Waals surface area contributed by atoms with Gasteiger partial charge in [0.2, 0.25) is 5.88 Å². The zero-order valence-corrected chi connectivity index (χ0v) is 11.0. The van der Waals surface area contributed by atoms with Gasteiger partial charge in [-0.2, -0.15) is 10.4 Å². The largest absolute Gasteiger partial charge is 0.490 e. The van der Waals surface area contributed by atoms with Crippen LogP contribution in [-0.2, 0) is 7.05 Å². The number of benzene rings is 1. The van der Waals surface area contributed by atoms with Gasteiger partial charge in [0.15, 0.2) is 0 Å². The van der Waals surface area contributed by atoms with Crippen LogP contribution in [0.2, 0.25) is 0 Å². The van der Waals surface area contributed by atoms with Crippen molar-refractivity contribution in [2.75, 3.05) is 13.2 Å². The van der Waals surface area contributed by atoms with Gasteiger partial charge in [-0.25, -0.2) is 4.68 Å². The lowest BCUT2D eigenvalue weighted by molar-refractivity contribution is 0.205. The van der Waals surface area contributed by atoms with Crippen LogP contribution in [0, 0.1) is 18.3 Å². The van der Waals surface area contributed by atoms with Gasteiger partial charge in [0.1, 0.15) is 30.6 Å². The van der Waals surface area contributed by atoms with E-state index < -0.39 is 0 Å². The third kappa shape index (κ3) is 3.05. The van der Waals surface area contributed by atoms with Crippen molar-refractivity contribution in [3.63, 3.8) is 0 Å². The number of ether oxygens (including phenoxy) is 2. The summed E-state index contributed by atoms with van der Waals surface area (Å²) in [6, 6.07) is 11.6. The molecule has 0 atom stereocenters. The number of para-hydroxylation sites is 1. The van der Waals surface area contributed by atoms with E-state index in [0.29, 0.717) is 30.4 Å². The summed E-state index contributed by atoms with van der Waals surface area (Å²) in [7, 11) is 1.75. The molecule has 0 saturated carbocycles. The molecular weight excluding hydrogens is 242 g/mol.